The Balaban J connectivity index is 1.66. The smallest absolute Gasteiger partial charge is 0.257 e. The SMILES string of the molecule is ClP1(Cl)=NP2(=NP(N3CCOCC3)(N3CCOCC3)=N1)NCCCCN2CC1=CC=CC1. The van der Waals surface area contributed by atoms with Crippen LogP contribution in [0.3, 0.4) is 0 Å². The van der Waals surface area contributed by atoms with Gasteiger partial charge < -0.3 is 9.47 Å². The van der Waals surface area contributed by atoms with Crippen molar-refractivity contribution >= 4 is 43.4 Å². The van der Waals surface area contributed by atoms with E-state index in [1.54, 1.807) is 0 Å². The first-order valence-corrected chi connectivity index (χ1v) is 18.1. The largest absolute Gasteiger partial charge is 0.379 e. The van der Waals surface area contributed by atoms with Gasteiger partial charge in [-0.2, -0.15) is 13.5 Å². The average molecular weight is 542 g/mol. The van der Waals surface area contributed by atoms with Gasteiger partial charge in [-0.15, -0.1) is 0 Å². The number of ether oxygens (including phenoxy) is 2. The first-order chi connectivity index (χ1) is 15.5. The summed E-state index contributed by atoms with van der Waals surface area (Å²) in [6.45, 7) is 8.44. The van der Waals surface area contributed by atoms with E-state index in [9.17, 15) is 0 Å². The third-order valence-corrected chi connectivity index (χ3v) is 18.4. The molecule has 1 atom stereocenters. The van der Waals surface area contributed by atoms with Crippen molar-refractivity contribution in [2.24, 2.45) is 13.5 Å². The molecule has 0 bridgehead atoms. The van der Waals surface area contributed by atoms with Crippen LogP contribution in [0.25, 0.3) is 0 Å². The van der Waals surface area contributed by atoms with Gasteiger partial charge in [0.2, 0.25) is 15.0 Å². The van der Waals surface area contributed by atoms with Crippen LogP contribution in [0.2, 0.25) is 0 Å². The minimum atomic E-state index is -2.93. The van der Waals surface area contributed by atoms with Crippen LogP contribution >= 0.6 is 43.4 Å². The number of hydrogen-bond donors (Lipinski definition) is 1. The van der Waals surface area contributed by atoms with Gasteiger partial charge in [-0.05, 0) is 41.7 Å². The second-order valence-corrected chi connectivity index (χ2v) is 19.1. The van der Waals surface area contributed by atoms with E-state index >= 15 is 0 Å². The minimum Gasteiger partial charge on any atom is -0.379 e. The van der Waals surface area contributed by atoms with E-state index in [1.807, 2.05) is 0 Å². The molecule has 5 aliphatic rings. The zero-order valence-electron chi connectivity index (χ0n) is 18.2. The van der Waals surface area contributed by atoms with E-state index in [0.29, 0.717) is 26.4 Å². The van der Waals surface area contributed by atoms with Crippen molar-refractivity contribution in [3.8, 4) is 0 Å². The Labute approximate surface area is 200 Å². The molecule has 3 fully saturated rings. The lowest BCUT2D eigenvalue weighted by Crippen LogP contribution is -2.43. The molecule has 0 amide bonds. The topological polar surface area (TPSA) is 77.3 Å². The number of halogens is 2. The van der Waals surface area contributed by atoms with Crippen LogP contribution in [0.5, 0.6) is 0 Å². The maximum atomic E-state index is 6.98. The van der Waals surface area contributed by atoms with Crippen LogP contribution in [0, 0.1) is 0 Å². The van der Waals surface area contributed by atoms with Crippen molar-refractivity contribution < 1.29 is 9.47 Å². The van der Waals surface area contributed by atoms with Crippen LogP contribution in [0.1, 0.15) is 19.3 Å². The Hall–Kier alpha value is 0.510. The minimum absolute atomic E-state index is 0.672. The summed E-state index contributed by atoms with van der Waals surface area (Å²) in [4.78, 5) is 0. The third-order valence-electron chi connectivity index (χ3n) is 6.23. The Bertz CT molecular complexity index is 917. The van der Waals surface area contributed by atoms with Crippen molar-refractivity contribution in [3.05, 3.63) is 23.8 Å². The molecule has 0 aromatic heterocycles. The van der Waals surface area contributed by atoms with Crippen LogP contribution in [0.15, 0.2) is 37.3 Å². The van der Waals surface area contributed by atoms with Gasteiger partial charge in [0.25, 0.3) is 5.91 Å². The van der Waals surface area contributed by atoms with Crippen molar-refractivity contribution in [2.45, 2.75) is 19.3 Å². The highest BCUT2D eigenvalue weighted by Gasteiger charge is 2.46. The Morgan fingerprint density at radius 1 is 0.906 bits per heavy atom. The average Bonchev–Trinajstić information content (AvgIpc) is 3.24. The Morgan fingerprint density at radius 2 is 1.59 bits per heavy atom. The number of rotatable bonds is 4. The van der Waals surface area contributed by atoms with Crippen molar-refractivity contribution in [1.82, 2.24) is 19.1 Å². The molecule has 4 heterocycles. The molecule has 32 heavy (non-hydrogen) atoms. The van der Waals surface area contributed by atoms with Crippen LogP contribution in [-0.2, 0) is 9.47 Å². The highest BCUT2D eigenvalue weighted by molar-refractivity contribution is 8.13. The van der Waals surface area contributed by atoms with Crippen molar-refractivity contribution in [2.75, 3.05) is 72.2 Å². The molecule has 1 aliphatic carbocycles. The molecule has 0 saturated carbocycles. The summed E-state index contributed by atoms with van der Waals surface area (Å²) in [6, 6.07) is 0. The molecule has 9 nitrogen and oxygen atoms in total. The lowest BCUT2D eigenvalue weighted by atomic mass is 10.2. The predicted molar refractivity (Wildman–Crippen MR) is 135 cm³/mol. The Morgan fingerprint density at radius 3 is 2.22 bits per heavy atom. The predicted octanol–water partition coefficient (Wildman–Crippen LogP) is 5.55. The van der Waals surface area contributed by atoms with Crippen LogP contribution in [-0.4, -0.2) is 86.3 Å². The van der Waals surface area contributed by atoms with Crippen molar-refractivity contribution in [3.63, 3.8) is 0 Å². The molecule has 5 rings (SSSR count). The summed E-state index contributed by atoms with van der Waals surface area (Å²) in [6.07, 6.45) is 9.73. The van der Waals surface area contributed by atoms with E-state index in [1.165, 1.54) is 5.57 Å². The van der Waals surface area contributed by atoms with Gasteiger partial charge in [-0.25, -0.2) is 14.0 Å². The highest BCUT2D eigenvalue weighted by Crippen LogP contribution is 2.83. The fraction of sp³-hybridized carbons (Fsp3) is 0.778. The van der Waals surface area contributed by atoms with Gasteiger partial charge in [0.15, 0.2) is 0 Å². The van der Waals surface area contributed by atoms with E-state index in [-0.39, 0.29) is 0 Å². The number of nitrogens with zero attached hydrogens (tertiary/aromatic N) is 6. The first-order valence-electron chi connectivity index (χ1n) is 11.3. The monoisotopic (exact) mass is 541 g/mol. The molecule has 180 valence electrons. The van der Waals surface area contributed by atoms with Gasteiger partial charge in [0, 0.05) is 45.8 Å². The zero-order chi connectivity index (χ0) is 22.1. The third kappa shape index (κ3) is 5.05. The molecular formula is C18H32Cl2N7O2P3. The fourth-order valence-electron chi connectivity index (χ4n) is 4.65. The molecule has 0 aromatic carbocycles. The molecule has 0 aromatic rings. The number of hydrogen-bond acceptors (Lipinski definition) is 9. The standard InChI is InChI=1S/C18H32Cl2N7O2P3/c19-30(20)22-31(21-7-3-4-8-27(31)17-18-5-1-2-6-18)24-32(23-30,25-9-13-28-14-10-25)26-11-15-29-16-12-26/h1-2,5,21H,3-4,6-17H2. The number of morpholine rings is 2. The van der Waals surface area contributed by atoms with E-state index in [0.717, 1.165) is 65.1 Å². The van der Waals surface area contributed by atoms with E-state index in [2.05, 4.69) is 37.3 Å². The van der Waals surface area contributed by atoms with Gasteiger partial charge >= 0.3 is 0 Å². The lowest BCUT2D eigenvalue weighted by Gasteiger charge is -2.47. The van der Waals surface area contributed by atoms with Gasteiger partial charge in [0.05, 0.1) is 26.4 Å². The molecule has 0 radical (unpaired) electrons. The quantitative estimate of drug-likeness (QED) is 0.470. The number of nitrogens with one attached hydrogen (secondary N) is 1. The molecule has 1 N–H and O–H groups in total. The maximum absolute atomic E-state index is 6.98. The first kappa shape index (κ1) is 24.2. The summed E-state index contributed by atoms with van der Waals surface area (Å²) in [5.41, 5.74) is 1.38. The second kappa shape index (κ2) is 10.2. The normalized spacial score (nSPS) is 33.8. The van der Waals surface area contributed by atoms with Crippen LogP contribution in [0.4, 0.5) is 0 Å². The molecular weight excluding hydrogens is 510 g/mol. The summed E-state index contributed by atoms with van der Waals surface area (Å²) >= 11 is 14.0. The molecule has 1 spiro atoms. The van der Waals surface area contributed by atoms with Gasteiger partial charge in [-0.1, -0.05) is 23.8 Å². The highest BCUT2D eigenvalue weighted by atomic mass is 35.9. The van der Waals surface area contributed by atoms with Gasteiger partial charge in [-0.3, -0.25) is 5.09 Å². The number of allylic oxidation sites excluding steroid dienone is 3. The summed E-state index contributed by atoms with van der Waals surface area (Å²) in [5.74, 6) is -2.93. The van der Waals surface area contributed by atoms with E-state index in [4.69, 9.17) is 45.5 Å². The lowest BCUT2D eigenvalue weighted by molar-refractivity contribution is 0.0569. The zero-order valence-corrected chi connectivity index (χ0v) is 22.4. The summed E-state index contributed by atoms with van der Waals surface area (Å²) in [7, 11) is -5.07. The molecule has 3 saturated heterocycles. The molecule has 14 heteroatoms. The van der Waals surface area contributed by atoms with Crippen LogP contribution < -0.4 is 5.09 Å². The summed E-state index contributed by atoms with van der Waals surface area (Å²) < 4.78 is 34.5. The molecule has 4 aliphatic heterocycles. The Kier molecular flexibility index (Phi) is 7.75. The maximum Gasteiger partial charge on any atom is 0.257 e. The van der Waals surface area contributed by atoms with Gasteiger partial charge in [0.1, 0.15) is 0 Å². The summed E-state index contributed by atoms with van der Waals surface area (Å²) in [5, 5.41) is 3.78. The fourth-order valence-corrected chi connectivity index (χ4v) is 19.5. The molecule has 1 unspecified atom stereocenters. The second-order valence-electron chi connectivity index (χ2n) is 8.42. The van der Waals surface area contributed by atoms with Crippen molar-refractivity contribution in [1.29, 1.82) is 0 Å². The van der Waals surface area contributed by atoms with E-state index < -0.39 is 20.9 Å².